The van der Waals surface area contributed by atoms with Crippen molar-refractivity contribution >= 4 is 22.7 Å². The molecule has 0 saturated heterocycles. The maximum Gasteiger partial charge on any atom is 0.261 e. The maximum atomic E-state index is 13.8. The van der Waals surface area contributed by atoms with Crippen molar-refractivity contribution in [2.24, 2.45) is 0 Å². The largest absolute Gasteiger partial charge is 0.436 e. The van der Waals surface area contributed by atoms with Gasteiger partial charge in [0.15, 0.2) is 28.9 Å². The minimum atomic E-state index is -2.37. The van der Waals surface area contributed by atoms with Crippen LogP contribution in [0.15, 0.2) is 46.9 Å². The smallest absolute Gasteiger partial charge is 0.261 e. The van der Waals surface area contributed by atoms with E-state index in [2.05, 4.69) is 4.98 Å². The molecule has 0 unspecified atom stereocenters. The zero-order chi connectivity index (χ0) is 21.6. The molecular weight excluding hydrogens is 414 g/mol. The van der Waals surface area contributed by atoms with E-state index in [1.165, 1.54) is 36.4 Å². The highest BCUT2D eigenvalue weighted by molar-refractivity contribution is 6.05. The molecule has 10 heteroatoms. The normalized spacial score (nSPS) is 11.1. The summed E-state index contributed by atoms with van der Waals surface area (Å²) < 4.78 is 86.2. The molecule has 0 saturated carbocycles. The van der Waals surface area contributed by atoms with E-state index in [4.69, 9.17) is 4.42 Å². The Balaban J connectivity index is 1.67. The molecule has 4 aromatic rings. The number of carbonyl (C=O) groups is 1. The topological polar surface area (TPSA) is 55.1 Å². The number of fused-ring (bicyclic) bond motifs is 1. The van der Waals surface area contributed by atoms with Crippen molar-refractivity contribution in [1.82, 2.24) is 4.98 Å². The lowest BCUT2D eigenvalue weighted by Crippen LogP contribution is -2.19. The van der Waals surface area contributed by atoms with Gasteiger partial charge in [0, 0.05) is 11.3 Å². The Morgan fingerprint density at radius 1 is 0.833 bits per heavy atom. The summed E-state index contributed by atoms with van der Waals surface area (Å²) in [6.45, 7) is 0. The lowest BCUT2D eigenvalue weighted by molar-refractivity contribution is 0.101. The van der Waals surface area contributed by atoms with Gasteiger partial charge in [-0.05, 0) is 36.4 Å². The van der Waals surface area contributed by atoms with Crippen LogP contribution in [0.4, 0.5) is 32.0 Å². The molecule has 0 spiro atoms. The highest BCUT2D eigenvalue weighted by Gasteiger charge is 2.29. The second kappa shape index (κ2) is 7.21. The van der Waals surface area contributed by atoms with Gasteiger partial charge in [0.25, 0.3) is 5.91 Å². The van der Waals surface area contributed by atoms with E-state index >= 15 is 0 Å². The number of hydrogen-bond acceptors (Lipinski definition) is 3. The van der Waals surface area contributed by atoms with Crippen molar-refractivity contribution in [1.29, 1.82) is 0 Å². The molecule has 1 amide bonds. The van der Waals surface area contributed by atoms with Gasteiger partial charge in [0.1, 0.15) is 16.9 Å². The molecule has 0 bridgehead atoms. The summed E-state index contributed by atoms with van der Waals surface area (Å²) in [4.78, 5) is 16.3. The van der Waals surface area contributed by atoms with Gasteiger partial charge in [-0.15, -0.1) is 0 Å². The zero-order valence-corrected chi connectivity index (χ0v) is 14.6. The van der Waals surface area contributed by atoms with E-state index in [9.17, 15) is 31.1 Å². The fourth-order valence-corrected chi connectivity index (χ4v) is 2.75. The Bertz CT molecular complexity index is 1290. The van der Waals surface area contributed by atoms with Crippen molar-refractivity contribution in [2.75, 3.05) is 5.32 Å². The molecule has 1 heterocycles. The van der Waals surface area contributed by atoms with Gasteiger partial charge in [0.05, 0.1) is 0 Å². The SMILES string of the molecule is O=C(Nc1ccc2oc(-c3cccc(F)c3)nc2c1)c1c(F)c(F)c(F)c(F)c1F. The van der Waals surface area contributed by atoms with Crippen LogP contribution in [0.5, 0.6) is 0 Å². The molecule has 0 atom stereocenters. The number of anilines is 1. The van der Waals surface area contributed by atoms with Crippen molar-refractivity contribution in [3.8, 4) is 11.5 Å². The van der Waals surface area contributed by atoms with Gasteiger partial charge in [0.2, 0.25) is 11.7 Å². The first-order chi connectivity index (χ1) is 14.3. The first-order valence-corrected chi connectivity index (χ1v) is 8.25. The number of nitrogens with one attached hydrogen (secondary N) is 1. The Morgan fingerprint density at radius 3 is 2.17 bits per heavy atom. The number of nitrogens with zero attached hydrogens (tertiary/aromatic N) is 1. The van der Waals surface area contributed by atoms with Crippen LogP contribution in [-0.2, 0) is 0 Å². The number of oxazole rings is 1. The predicted molar refractivity (Wildman–Crippen MR) is 93.6 cm³/mol. The molecule has 1 aromatic heterocycles. The number of aromatic nitrogens is 1. The van der Waals surface area contributed by atoms with Gasteiger partial charge in [-0.25, -0.2) is 31.3 Å². The molecule has 4 nitrogen and oxygen atoms in total. The van der Waals surface area contributed by atoms with Gasteiger partial charge in [-0.3, -0.25) is 4.79 Å². The molecule has 0 aliphatic carbocycles. The van der Waals surface area contributed by atoms with E-state index in [0.717, 1.165) is 0 Å². The van der Waals surface area contributed by atoms with Gasteiger partial charge < -0.3 is 9.73 Å². The fourth-order valence-electron chi connectivity index (χ4n) is 2.75. The second-order valence-corrected chi connectivity index (χ2v) is 6.11. The lowest BCUT2D eigenvalue weighted by Gasteiger charge is -2.09. The molecule has 0 aliphatic rings. The Labute approximate surface area is 163 Å². The molecule has 1 N–H and O–H groups in total. The van der Waals surface area contributed by atoms with Crippen LogP contribution in [-0.4, -0.2) is 10.9 Å². The number of carbonyl (C=O) groups excluding carboxylic acids is 1. The monoisotopic (exact) mass is 422 g/mol. The lowest BCUT2D eigenvalue weighted by atomic mass is 10.1. The van der Waals surface area contributed by atoms with E-state index in [0.29, 0.717) is 5.56 Å². The summed E-state index contributed by atoms with van der Waals surface area (Å²) in [5, 5.41) is 2.05. The molecule has 152 valence electrons. The second-order valence-electron chi connectivity index (χ2n) is 6.11. The van der Waals surface area contributed by atoms with E-state index in [1.54, 1.807) is 6.07 Å². The Hall–Kier alpha value is -3.82. The predicted octanol–water partition coefficient (Wildman–Crippen LogP) is 5.58. The minimum absolute atomic E-state index is 0.0458. The third-order valence-electron chi connectivity index (χ3n) is 4.15. The molecule has 0 fully saturated rings. The maximum absolute atomic E-state index is 13.8. The Kier molecular flexibility index (Phi) is 4.69. The van der Waals surface area contributed by atoms with Gasteiger partial charge in [-0.1, -0.05) is 6.07 Å². The Morgan fingerprint density at radius 2 is 1.50 bits per heavy atom. The van der Waals surface area contributed by atoms with Crippen LogP contribution in [0, 0.1) is 34.9 Å². The highest BCUT2D eigenvalue weighted by Crippen LogP contribution is 2.28. The van der Waals surface area contributed by atoms with Crippen molar-refractivity contribution in [3.05, 3.63) is 82.9 Å². The summed E-state index contributed by atoms with van der Waals surface area (Å²) in [7, 11) is 0. The molecule has 3 aromatic carbocycles. The van der Waals surface area contributed by atoms with Crippen LogP contribution in [0.3, 0.4) is 0 Å². The van der Waals surface area contributed by atoms with Crippen LogP contribution in [0.1, 0.15) is 10.4 Å². The third-order valence-corrected chi connectivity index (χ3v) is 4.15. The number of amides is 1. The summed E-state index contributed by atoms with van der Waals surface area (Å²) in [6.07, 6.45) is 0. The molecule has 0 aliphatic heterocycles. The molecule has 4 rings (SSSR count). The summed E-state index contributed by atoms with van der Waals surface area (Å²) in [5.74, 6) is -13.3. The summed E-state index contributed by atoms with van der Waals surface area (Å²) >= 11 is 0. The van der Waals surface area contributed by atoms with Crippen molar-refractivity contribution in [2.45, 2.75) is 0 Å². The van der Waals surface area contributed by atoms with Crippen LogP contribution < -0.4 is 5.32 Å². The number of halogens is 6. The third kappa shape index (κ3) is 3.25. The molecular formula is C20H8F6N2O2. The first kappa shape index (κ1) is 19.5. The minimum Gasteiger partial charge on any atom is -0.436 e. The number of benzene rings is 3. The van der Waals surface area contributed by atoms with E-state index in [1.807, 2.05) is 5.32 Å². The highest BCUT2D eigenvalue weighted by atomic mass is 19.2. The van der Waals surface area contributed by atoms with Gasteiger partial charge >= 0.3 is 0 Å². The molecule has 30 heavy (non-hydrogen) atoms. The zero-order valence-electron chi connectivity index (χ0n) is 14.6. The summed E-state index contributed by atoms with van der Waals surface area (Å²) in [6, 6.07) is 9.32. The molecule has 0 radical (unpaired) electrons. The summed E-state index contributed by atoms with van der Waals surface area (Å²) in [5.41, 5.74) is -0.867. The van der Waals surface area contributed by atoms with Crippen molar-refractivity contribution in [3.63, 3.8) is 0 Å². The average Bonchev–Trinajstić information content (AvgIpc) is 3.14. The van der Waals surface area contributed by atoms with Crippen LogP contribution in [0.2, 0.25) is 0 Å². The number of hydrogen-bond donors (Lipinski definition) is 1. The van der Waals surface area contributed by atoms with Crippen molar-refractivity contribution < 1.29 is 35.6 Å². The first-order valence-electron chi connectivity index (χ1n) is 8.25. The van der Waals surface area contributed by atoms with Crippen LogP contribution in [0.25, 0.3) is 22.6 Å². The number of rotatable bonds is 3. The fraction of sp³-hybridized carbons (Fsp3) is 0. The van der Waals surface area contributed by atoms with Crippen LogP contribution >= 0.6 is 0 Å². The van der Waals surface area contributed by atoms with Gasteiger partial charge in [-0.2, -0.15) is 0 Å². The van der Waals surface area contributed by atoms with E-state index < -0.39 is 46.4 Å². The standard InChI is InChI=1S/C20H8F6N2O2/c21-9-3-1-2-8(6-9)20-28-11-7-10(4-5-12(11)30-20)27-19(29)13-14(22)16(24)18(26)17(25)15(13)23/h1-7H,(H,27,29). The average molecular weight is 422 g/mol. The quantitative estimate of drug-likeness (QED) is 0.266. The van der Waals surface area contributed by atoms with E-state index in [-0.39, 0.29) is 22.7 Å².